The predicted octanol–water partition coefficient (Wildman–Crippen LogP) is 1.84. The Morgan fingerprint density at radius 3 is 2.81 bits per heavy atom. The van der Waals surface area contributed by atoms with E-state index in [0.717, 1.165) is 27.4 Å². The first-order chi connectivity index (χ1) is 10.0. The normalized spacial score (nSPS) is 11.1. The number of methoxy groups -OCH3 is 1. The van der Waals surface area contributed by atoms with Gasteiger partial charge in [-0.05, 0) is 43.3 Å². The van der Waals surface area contributed by atoms with Crippen LogP contribution in [0.3, 0.4) is 0 Å². The number of ether oxygens (including phenoxy) is 1. The number of nitrogens with one attached hydrogen (secondary N) is 1. The summed E-state index contributed by atoms with van der Waals surface area (Å²) in [6.07, 6.45) is 0. The lowest BCUT2D eigenvalue weighted by Crippen LogP contribution is -2.21. The van der Waals surface area contributed by atoms with Gasteiger partial charge < -0.3 is 14.8 Å². The van der Waals surface area contributed by atoms with Crippen LogP contribution in [0.2, 0.25) is 0 Å². The van der Waals surface area contributed by atoms with Gasteiger partial charge in [-0.3, -0.25) is 9.69 Å². The molecule has 2 rings (SSSR count). The monoisotopic (exact) mass is 308 g/mol. The molecule has 0 aliphatic carbocycles. The van der Waals surface area contributed by atoms with E-state index in [-0.39, 0.29) is 11.5 Å². The molecule has 0 aliphatic heterocycles. The van der Waals surface area contributed by atoms with Gasteiger partial charge in [0.1, 0.15) is 5.75 Å². The van der Waals surface area contributed by atoms with Gasteiger partial charge in [-0.1, -0.05) is 11.3 Å². The highest BCUT2D eigenvalue weighted by Crippen LogP contribution is 2.28. The smallest absolute Gasteiger partial charge is 0.305 e. The van der Waals surface area contributed by atoms with Crippen molar-refractivity contribution in [3.05, 3.63) is 38.3 Å². The first-order valence-corrected chi connectivity index (χ1v) is 7.53. The van der Waals surface area contributed by atoms with E-state index in [1.54, 1.807) is 7.11 Å². The molecule has 0 radical (unpaired) electrons. The number of hydrogen-bond acceptors (Lipinski definition) is 5. The third kappa shape index (κ3) is 3.72. The molecule has 2 N–H and O–H groups in total. The second-order valence-electron chi connectivity index (χ2n) is 4.96. The summed E-state index contributed by atoms with van der Waals surface area (Å²) in [5.41, 5.74) is 2.84. The molecule has 0 atom stereocenters. The van der Waals surface area contributed by atoms with Crippen molar-refractivity contribution in [2.45, 2.75) is 13.5 Å². The van der Waals surface area contributed by atoms with Crippen LogP contribution >= 0.6 is 11.3 Å². The molecule has 21 heavy (non-hydrogen) atoms. The number of aliphatic hydroxyl groups is 1. The molecule has 0 bridgehead atoms. The summed E-state index contributed by atoms with van der Waals surface area (Å²) < 4.78 is 5.26. The highest BCUT2D eigenvalue weighted by atomic mass is 32.1. The average Bonchev–Trinajstić information content (AvgIpc) is 2.79. The number of aromatic amines is 1. The molecule has 0 saturated heterocycles. The van der Waals surface area contributed by atoms with Crippen molar-refractivity contribution >= 4 is 11.3 Å². The number of nitrogens with zero attached hydrogens (tertiary/aromatic N) is 1. The van der Waals surface area contributed by atoms with Crippen molar-refractivity contribution in [2.75, 3.05) is 27.3 Å². The Kier molecular flexibility index (Phi) is 5.17. The average molecular weight is 308 g/mol. The molecule has 114 valence electrons. The molecule has 1 aromatic heterocycles. The van der Waals surface area contributed by atoms with Gasteiger partial charge in [0, 0.05) is 18.0 Å². The first-order valence-electron chi connectivity index (χ1n) is 6.71. The topological polar surface area (TPSA) is 65.6 Å². The number of benzene rings is 1. The fourth-order valence-electron chi connectivity index (χ4n) is 2.23. The number of rotatable bonds is 6. The fourth-order valence-corrected chi connectivity index (χ4v) is 3.17. The van der Waals surface area contributed by atoms with E-state index in [1.807, 2.05) is 37.1 Å². The Bertz CT molecular complexity index is 663. The van der Waals surface area contributed by atoms with Crippen LogP contribution < -0.4 is 9.61 Å². The molecule has 0 fully saturated rings. The lowest BCUT2D eigenvalue weighted by atomic mass is 10.1. The molecule has 1 aromatic carbocycles. The Labute approximate surface area is 127 Å². The van der Waals surface area contributed by atoms with Crippen LogP contribution in [-0.2, 0) is 6.54 Å². The summed E-state index contributed by atoms with van der Waals surface area (Å²) in [6, 6.07) is 5.85. The Hall–Kier alpha value is -1.63. The van der Waals surface area contributed by atoms with E-state index < -0.39 is 0 Å². The van der Waals surface area contributed by atoms with E-state index in [1.165, 1.54) is 11.3 Å². The maximum Gasteiger partial charge on any atom is 0.305 e. The second kappa shape index (κ2) is 6.89. The van der Waals surface area contributed by atoms with E-state index in [9.17, 15) is 4.79 Å². The summed E-state index contributed by atoms with van der Waals surface area (Å²) in [5, 5.41) is 8.98. The van der Waals surface area contributed by atoms with E-state index in [2.05, 4.69) is 4.98 Å². The molecule has 0 aliphatic rings. The van der Waals surface area contributed by atoms with Gasteiger partial charge in [-0.25, -0.2) is 0 Å². The Balaban J connectivity index is 2.35. The molecule has 6 heteroatoms. The molecule has 0 spiro atoms. The third-order valence-corrected chi connectivity index (χ3v) is 4.17. The number of hydrogen-bond donors (Lipinski definition) is 2. The van der Waals surface area contributed by atoms with E-state index in [0.29, 0.717) is 13.1 Å². The number of likely N-dealkylation sites (N-methyl/N-ethyl adjacent to an activating group) is 1. The number of aliphatic hydroxyl groups excluding tert-OH is 1. The van der Waals surface area contributed by atoms with Crippen LogP contribution in [-0.4, -0.2) is 42.3 Å². The first kappa shape index (κ1) is 15.8. The van der Waals surface area contributed by atoms with Crippen molar-refractivity contribution in [3.63, 3.8) is 0 Å². The maximum absolute atomic E-state index is 11.7. The summed E-state index contributed by atoms with van der Waals surface area (Å²) in [6.45, 7) is 3.29. The quantitative estimate of drug-likeness (QED) is 0.855. The molecule has 0 unspecified atom stereocenters. The van der Waals surface area contributed by atoms with Crippen LogP contribution in [0.5, 0.6) is 5.75 Å². The van der Waals surface area contributed by atoms with Gasteiger partial charge in [0.25, 0.3) is 0 Å². The second-order valence-corrected chi connectivity index (χ2v) is 6.03. The van der Waals surface area contributed by atoms with Gasteiger partial charge in [0.05, 0.1) is 19.4 Å². The lowest BCUT2D eigenvalue weighted by Gasteiger charge is -2.15. The van der Waals surface area contributed by atoms with E-state index in [4.69, 9.17) is 9.84 Å². The SMILES string of the molecule is COc1ccc(-c2[nH]c(=O)sc2CN(C)CCO)cc1C. The zero-order valence-electron chi connectivity index (χ0n) is 12.5. The van der Waals surface area contributed by atoms with E-state index >= 15 is 0 Å². The largest absolute Gasteiger partial charge is 0.496 e. The van der Waals surface area contributed by atoms with Crippen molar-refractivity contribution in [2.24, 2.45) is 0 Å². The number of aromatic nitrogens is 1. The summed E-state index contributed by atoms with van der Waals surface area (Å²) in [7, 11) is 3.56. The van der Waals surface area contributed by atoms with Crippen molar-refractivity contribution in [1.29, 1.82) is 0 Å². The molecule has 0 saturated carbocycles. The summed E-state index contributed by atoms with van der Waals surface area (Å²) in [4.78, 5) is 17.5. The van der Waals surface area contributed by atoms with Crippen LogP contribution in [0.4, 0.5) is 0 Å². The maximum atomic E-state index is 11.7. The van der Waals surface area contributed by atoms with Crippen LogP contribution in [0, 0.1) is 6.92 Å². The Morgan fingerprint density at radius 2 is 2.19 bits per heavy atom. The minimum atomic E-state index is -0.0640. The lowest BCUT2D eigenvalue weighted by molar-refractivity contribution is 0.218. The zero-order valence-corrected chi connectivity index (χ0v) is 13.3. The predicted molar refractivity (Wildman–Crippen MR) is 85.1 cm³/mol. The molecule has 0 amide bonds. The van der Waals surface area contributed by atoms with Crippen LogP contribution in [0.25, 0.3) is 11.3 Å². The zero-order chi connectivity index (χ0) is 15.4. The standard InChI is InChI=1S/C15H20N2O3S/c1-10-8-11(4-5-12(10)20-3)14-13(21-15(19)16-14)9-17(2)6-7-18/h4-5,8,18H,6-7,9H2,1-3H3,(H,16,19). The molecule has 1 heterocycles. The highest BCUT2D eigenvalue weighted by Gasteiger charge is 2.13. The van der Waals surface area contributed by atoms with Gasteiger partial charge in [0.2, 0.25) is 0 Å². The molecular weight excluding hydrogens is 288 g/mol. The van der Waals surface area contributed by atoms with Crippen molar-refractivity contribution in [1.82, 2.24) is 9.88 Å². The third-order valence-electron chi connectivity index (χ3n) is 3.30. The van der Waals surface area contributed by atoms with Gasteiger partial charge in [-0.2, -0.15) is 0 Å². The van der Waals surface area contributed by atoms with Gasteiger partial charge in [-0.15, -0.1) is 0 Å². The minimum Gasteiger partial charge on any atom is -0.496 e. The number of aryl methyl sites for hydroxylation is 1. The van der Waals surface area contributed by atoms with Crippen LogP contribution in [0.15, 0.2) is 23.0 Å². The number of H-pyrrole nitrogens is 1. The van der Waals surface area contributed by atoms with Crippen molar-refractivity contribution < 1.29 is 9.84 Å². The minimum absolute atomic E-state index is 0.0640. The Morgan fingerprint density at radius 1 is 1.43 bits per heavy atom. The van der Waals surface area contributed by atoms with Crippen molar-refractivity contribution in [3.8, 4) is 17.0 Å². The summed E-state index contributed by atoms with van der Waals surface area (Å²) >= 11 is 1.21. The van der Waals surface area contributed by atoms with Gasteiger partial charge in [0.15, 0.2) is 0 Å². The fraction of sp³-hybridized carbons (Fsp3) is 0.400. The molecule has 2 aromatic rings. The highest BCUT2D eigenvalue weighted by molar-refractivity contribution is 7.09. The summed E-state index contributed by atoms with van der Waals surface area (Å²) in [5.74, 6) is 0.829. The molecule has 5 nitrogen and oxygen atoms in total. The van der Waals surface area contributed by atoms with Gasteiger partial charge >= 0.3 is 4.87 Å². The molecular formula is C15H20N2O3S. The van der Waals surface area contributed by atoms with Crippen LogP contribution in [0.1, 0.15) is 10.4 Å². The number of thiazole rings is 1.